The zero-order valence-electron chi connectivity index (χ0n) is 13.3. The van der Waals surface area contributed by atoms with Crippen molar-refractivity contribution >= 4 is 5.69 Å². The second kappa shape index (κ2) is 8.41. The highest BCUT2D eigenvalue weighted by Crippen LogP contribution is 2.23. The molecule has 2 aromatic rings. The van der Waals surface area contributed by atoms with Crippen molar-refractivity contribution in [1.29, 1.82) is 0 Å². The molecule has 5 nitrogen and oxygen atoms in total. The Bertz CT molecular complexity index is 614. The summed E-state index contributed by atoms with van der Waals surface area (Å²) in [6.45, 7) is 0.957. The molecule has 0 saturated heterocycles. The van der Waals surface area contributed by atoms with Crippen LogP contribution in [0.15, 0.2) is 54.6 Å². The first-order chi connectivity index (χ1) is 11.1. The largest absolute Gasteiger partial charge is 0.396 e. The second-order valence-corrected chi connectivity index (χ2v) is 5.59. The summed E-state index contributed by atoms with van der Waals surface area (Å²) >= 11 is 0. The fraction of sp³-hybridized carbons (Fsp3) is 0.333. The molecular formula is C18H22N2O3. The Kier molecular flexibility index (Phi) is 6.26. The first kappa shape index (κ1) is 17.1. The van der Waals surface area contributed by atoms with E-state index in [-0.39, 0.29) is 23.3 Å². The Labute approximate surface area is 136 Å². The molecule has 1 N–H and O–H groups in total. The average Bonchev–Trinajstić information content (AvgIpc) is 2.58. The summed E-state index contributed by atoms with van der Waals surface area (Å²) in [6, 6.07) is 17.0. The van der Waals surface area contributed by atoms with Crippen LogP contribution in [0.1, 0.15) is 23.6 Å². The molecule has 0 aromatic heterocycles. The Balaban J connectivity index is 1.98. The molecule has 5 heteroatoms. The molecule has 0 saturated carbocycles. The number of aliphatic hydroxyl groups is 1. The summed E-state index contributed by atoms with van der Waals surface area (Å²) in [5.41, 5.74) is 2.37. The molecule has 0 fully saturated rings. The van der Waals surface area contributed by atoms with Crippen LogP contribution >= 0.6 is 0 Å². The Morgan fingerprint density at radius 3 is 2.35 bits per heavy atom. The van der Waals surface area contributed by atoms with Gasteiger partial charge in [0.2, 0.25) is 0 Å². The Hall–Kier alpha value is -2.24. The molecule has 2 rings (SSSR count). The predicted octanol–water partition coefficient (Wildman–Crippen LogP) is 3.19. The van der Waals surface area contributed by atoms with Crippen LogP contribution in [-0.4, -0.2) is 35.1 Å². The molecule has 0 aliphatic carbocycles. The maximum absolute atomic E-state index is 10.7. The molecule has 0 aliphatic rings. The summed E-state index contributed by atoms with van der Waals surface area (Å²) in [7, 11) is 2.04. The average molecular weight is 314 g/mol. The minimum absolute atomic E-state index is 0.115. The molecular weight excluding hydrogens is 292 g/mol. The number of aliphatic hydroxyl groups excluding tert-OH is 1. The Morgan fingerprint density at radius 2 is 1.78 bits per heavy atom. The number of non-ortho nitro benzene ring substituents is 1. The van der Waals surface area contributed by atoms with Crippen LogP contribution in [0.5, 0.6) is 0 Å². The van der Waals surface area contributed by atoms with E-state index in [2.05, 4.69) is 17.0 Å². The van der Waals surface area contributed by atoms with Crippen molar-refractivity contribution in [2.24, 2.45) is 0 Å². The second-order valence-electron chi connectivity index (χ2n) is 5.59. The van der Waals surface area contributed by atoms with Crippen molar-refractivity contribution in [1.82, 2.24) is 4.90 Å². The van der Waals surface area contributed by atoms with Gasteiger partial charge in [0.05, 0.1) is 4.92 Å². The van der Waals surface area contributed by atoms with Gasteiger partial charge in [0.1, 0.15) is 0 Å². The summed E-state index contributed by atoms with van der Waals surface area (Å²) in [6.07, 6.45) is 1.49. The van der Waals surface area contributed by atoms with E-state index in [0.29, 0.717) is 6.42 Å². The zero-order chi connectivity index (χ0) is 16.7. The van der Waals surface area contributed by atoms with E-state index in [4.69, 9.17) is 0 Å². The van der Waals surface area contributed by atoms with Gasteiger partial charge in [0.25, 0.3) is 5.69 Å². The molecule has 122 valence electrons. The molecule has 0 radical (unpaired) electrons. The summed E-state index contributed by atoms with van der Waals surface area (Å²) in [4.78, 5) is 12.5. The molecule has 0 spiro atoms. The third-order valence-corrected chi connectivity index (χ3v) is 4.02. The third kappa shape index (κ3) is 4.87. The minimum atomic E-state index is -0.386. The molecule has 1 unspecified atom stereocenters. The van der Waals surface area contributed by atoms with E-state index < -0.39 is 0 Å². The van der Waals surface area contributed by atoms with E-state index >= 15 is 0 Å². The quantitative estimate of drug-likeness (QED) is 0.600. The minimum Gasteiger partial charge on any atom is -0.396 e. The number of likely N-dealkylation sites (N-methyl/N-ethyl adjacent to an activating group) is 1. The van der Waals surface area contributed by atoms with Crippen molar-refractivity contribution in [3.05, 3.63) is 75.8 Å². The van der Waals surface area contributed by atoms with Gasteiger partial charge in [0, 0.05) is 31.3 Å². The van der Waals surface area contributed by atoms with Gasteiger partial charge in [-0.15, -0.1) is 0 Å². The van der Waals surface area contributed by atoms with Crippen molar-refractivity contribution in [3.8, 4) is 0 Å². The van der Waals surface area contributed by atoms with E-state index in [1.165, 1.54) is 17.7 Å². The topological polar surface area (TPSA) is 66.6 Å². The van der Waals surface area contributed by atoms with Crippen molar-refractivity contribution < 1.29 is 10.0 Å². The van der Waals surface area contributed by atoms with Gasteiger partial charge in [-0.25, -0.2) is 0 Å². The van der Waals surface area contributed by atoms with Crippen molar-refractivity contribution in [2.45, 2.75) is 18.9 Å². The van der Waals surface area contributed by atoms with Gasteiger partial charge in [-0.05, 0) is 31.0 Å². The number of rotatable bonds is 8. The fourth-order valence-electron chi connectivity index (χ4n) is 2.68. The van der Waals surface area contributed by atoms with Gasteiger partial charge in [0.15, 0.2) is 0 Å². The van der Waals surface area contributed by atoms with Gasteiger partial charge in [-0.2, -0.15) is 0 Å². The highest BCUT2D eigenvalue weighted by molar-refractivity contribution is 5.33. The third-order valence-electron chi connectivity index (χ3n) is 4.02. The highest BCUT2D eigenvalue weighted by Gasteiger charge is 2.16. The van der Waals surface area contributed by atoms with Gasteiger partial charge >= 0.3 is 0 Å². The molecule has 23 heavy (non-hydrogen) atoms. The molecule has 2 aromatic carbocycles. The lowest BCUT2D eigenvalue weighted by Crippen LogP contribution is -2.27. The number of hydrogen-bond acceptors (Lipinski definition) is 4. The standard InChI is InChI=1S/C18H22N2O3/c1-19(18(12-14-21)16-5-3-2-4-6-16)13-11-15-7-9-17(10-8-15)20(22)23/h2-10,18,21H,11-14H2,1H3. The summed E-state index contributed by atoms with van der Waals surface area (Å²) < 4.78 is 0. The van der Waals surface area contributed by atoms with E-state index in [0.717, 1.165) is 18.5 Å². The van der Waals surface area contributed by atoms with Crippen LogP contribution in [0.2, 0.25) is 0 Å². The Morgan fingerprint density at radius 1 is 1.13 bits per heavy atom. The molecule has 0 amide bonds. The number of nitro groups is 1. The first-order valence-corrected chi connectivity index (χ1v) is 7.71. The smallest absolute Gasteiger partial charge is 0.269 e. The first-order valence-electron chi connectivity index (χ1n) is 7.71. The maximum atomic E-state index is 10.7. The van der Waals surface area contributed by atoms with Crippen LogP contribution in [0.25, 0.3) is 0 Å². The monoisotopic (exact) mass is 314 g/mol. The van der Waals surface area contributed by atoms with Crippen LogP contribution in [0.4, 0.5) is 5.69 Å². The van der Waals surface area contributed by atoms with Gasteiger partial charge in [-0.1, -0.05) is 42.5 Å². The normalized spacial score (nSPS) is 12.3. The lowest BCUT2D eigenvalue weighted by atomic mass is 10.0. The SMILES string of the molecule is CN(CCc1ccc([N+](=O)[O-])cc1)C(CCO)c1ccccc1. The number of hydrogen-bond donors (Lipinski definition) is 1. The van der Waals surface area contributed by atoms with E-state index in [1.54, 1.807) is 12.1 Å². The lowest BCUT2D eigenvalue weighted by molar-refractivity contribution is -0.384. The number of nitro benzene ring substituents is 1. The number of benzene rings is 2. The number of nitrogens with zero attached hydrogens (tertiary/aromatic N) is 2. The van der Waals surface area contributed by atoms with E-state index in [9.17, 15) is 15.2 Å². The zero-order valence-corrected chi connectivity index (χ0v) is 13.3. The van der Waals surface area contributed by atoms with Crippen LogP contribution in [0.3, 0.4) is 0 Å². The molecule has 0 aliphatic heterocycles. The van der Waals surface area contributed by atoms with Crippen molar-refractivity contribution in [2.75, 3.05) is 20.2 Å². The fourth-order valence-corrected chi connectivity index (χ4v) is 2.68. The van der Waals surface area contributed by atoms with Crippen LogP contribution < -0.4 is 0 Å². The van der Waals surface area contributed by atoms with Crippen LogP contribution in [-0.2, 0) is 6.42 Å². The lowest BCUT2D eigenvalue weighted by Gasteiger charge is -2.28. The highest BCUT2D eigenvalue weighted by atomic mass is 16.6. The maximum Gasteiger partial charge on any atom is 0.269 e. The molecule has 0 heterocycles. The summed E-state index contributed by atoms with van der Waals surface area (Å²) in [5, 5.41) is 20.0. The van der Waals surface area contributed by atoms with Gasteiger partial charge in [-0.3, -0.25) is 15.0 Å². The predicted molar refractivity (Wildman–Crippen MR) is 90.3 cm³/mol. The molecule has 0 bridgehead atoms. The van der Waals surface area contributed by atoms with Gasteiger partial charge < -0.3 is 5.11 Å². The molecule has 1 atom stereocenters. The van der Waals surface area contributed by atoms with E-state index in [1.807, 2.05) is 25.2 Å². The summed E-state index contributed by atoms with van der Waals surface area (Å²) in [5.74, 6) is 0. The van der Waals surface area contributed by atoms with Crippen LogP contribution in [0, 0.1) is 10.1 Å². The van der Waals surface area contributed by atoms with Crippen molar-refractivity contribution in [3.63, 3.8) is 0 Å².